The Morgan fingerprint density at radius 1 is 0.796 bits per heavy atom. The van der Waals surface area contributed by atoms with Gasteiger partial charge in [0.15, 0.2) is 0 Å². The van der Waals surface area contributed by atoms with Crippen LogP contribution in [-0.4, -0.2) is 70.2 Å². The van der Waals surface area contributed by atoms with Crippen LogP contribution in [-0.2, 0) is 33.4 Å². The number of hydrogen-bond donors (Lipinski definition) is 2. The van der Waals surface area contributed by atoms with Gasteiger partial charge in [0.05, 0.1) is 40.7 Å². The number of hydrogen-bond acceptors (Lipinski definition) is 12. The molecule has 0 saturated heterocycles. The first-order chi connectivity index (χ1) is 25.9. The molecular weight excluding hydrogens is 722 g/mol. The number of aromatic nitrogens is 1. The number of amides is 2. The Morgan fingerprint density at radius 3 is 1.70 bits per heavy atom. The number of thioether (sulfide) groups is 1. The molecule has 2 atom stereocenters. The largest absolute Gasteiger partial charge is 0.469 e. The summed E-state index contributed by atoms with van der Waals surface area (Å²) in [6, 6.07) is 25.4. The van der Waals surface area contributed by atoms with Crippen LogP contribution in [0, 0.1) is 20.2 Å². The highest BCUT2D eigenvalue weighted by molar-refractivity contribution is 8.00. The molecule has 16 nitrogen and oxygen atoms in total. The van der Waals surface area contributed by atoms with Crippen molar-refractivity contribution in [3.05, 3.63) is 151 Å². The van der Waals surface area contributed by atoms with Gasteiger partial charge in [-0.15, -0.1) is 11.8 Å². The average Bonchev–Trinajstić information content (AvgIpc) is 3.18. The number of methoxy groups -OCH3 is 1. The van der Waals surface area contributed by atoms with E-state index in [9.17, 15) is 44.2 Å². The summed E-state index contributed by atoms with van der Waals surface area (Å²) in [5.74, 6) is -3.41. The first kappa shape index (κ1) is 40.4. The van der Waals surface area contributed by atoms with E-state index in [0.29, 0.717) is 12.4 Å². The first-order valence-electron chi connectivity index (χ1n) is 16.6. The lowest BCUT2D eigenvalue weighted by Gasteiger charge is -2.36. The molecule has 17 heteroatoms. The number of carbonyl (C=O) groups excluding carboxylic acids is 4. The van der Waals surface area contributed by atoms with Gasteiger partial charge < -0.3 is 24.7 Å². The molecule has 0 radical (unpaired) electrons. The maximum atomic E-state index is 14.2. The molecule has 0 saturated carbocycles. The smallest absolute Gasteiger partial charge is 0.339 e. The summed E-state index contributed by atoms with van der Waals surface area (Å²) in [6.07, 6.45) is 0.497. The highest BCUT2D eigenvalue weighted by atomic mass is 32.2. The zero-order chi connectivity index (χ0) is 39.3. The maximum absolute atomic E-state index is 14.2. The molecule has 2 N–H and O–H groups in total. The number of ether oxygens (including phenoxy) is 2. The molecule has 0 aliphatic heterocycles. The van der Waals surface area contributed by atoms with E-state index in [1.54, 1.807) is 6.92 Å². The molecule has 3 aromatic carbocycles. The number of esters is 2. The zero-order valence-corrected chi connectivity index (χ0v) is 30.1. The molecule has 54 heavy (non-hydrogen) atoms. The molecule has 4 rings (SSSR count). The molecule has 0 aliphatic carbocycles. The van der Waals surface area contributed by atoms with Crippen LogP contribution in [0.1, 0.15) is 42.5 Å². The van der Waals surface area contributed by atoms with Crippen molar-refractivity contribution in [1.29, 1.82) is 0 Å². The molecule has 0 spiro atoms. The van der Waals surface area contributed by atoms with Crippen LogP contribution in [0.15, 0.2) is 108 Å². The lowest BCUT2D eigenvalue weighted by Crippen LogP contribution is -2.51. The van der Waals surface area contributed by atoms with Crippen molar-refractivity contribution in [2.45, 2.75) is 36.6 Å². The van der Waals surface area contributed by atoms with E-state index >= 15 is 0 Å². The predicted octanol–water partition coefficient (Wildman–Crippen LogP) is 4.05. The van der Waals surface area contributed by atoms with Crippen LogP contribution in [0.25, 0.3) is 0 Å². The third-order valence-corrected chi connectivity index (χ3v) is 9.91. The van der Waals surface area contributed by atoms with Crippen molar-refractivity contribution in [1.82, 2.24) is 15.2 Å². The van der Waals surface area contributed by atoms with Crippen molar-refractivity contribution < 1.29 is 38.5 Å². The fourth-order valence-electron chi connectivity index (χ4n) is 5.70. The summed E-state index contributed by atoms with van der Waals surface area (Å²) in [5.41, 5.74) is -1.33. The van der Waals surface area contributed by atoms with E-state index in [-0.39, 0.29) is 12.4 Å². The molecule has 0 fully saturated rings. The SMILES string of the molecule is CCOC(=O)CNC(=O)[C@@H](CSC(c1ccccc1)(c1ccccc1)c1ccccc1)NC(=O)[C@H](CCC(=O)OC)n1cc([N+](=O)[O-])c(=O)c([N+](=O)[O-])c1. The maximum Gasteiger partial charge on any atom is 0.339 e. The van der Waals surface area contributed by atoms with Crippen LogP contribution in [0.5, 0.6) is 0 Å². The highest BCUT2D eigenvalue weighted by Crippen LogP contribution is 2.48. The van der Waals surface area contributed by atoms with Crippen LogP contribution < -0.4 is 16.1 Å². The monoisotopic (exact) mass is 759 g/mol. The number of nitro groups is 2. The molecular formula is C37H37N5O11S. The van der Waals surface area contributed by atoms with E-state index in [2.05, 4.69) is 10.6 Å². The van der Waals surface area contributed by atoms with Gasteiger partial charge in [0, 0.05) is 12.2 Å². The molecule has 2 amide bonds. The van der Waals surface area contributed by atoms with Crippen LogP contribution in [0.4, 0.5) is 11.4 Å². The molecule has 4 aromatic rings. The van der Waals surface area contributed by atoms with E-state index in [1.165, 1.54) is 11.8 Å². The van der Waals surface area contributed by atoms with Crippen LogP contribution in [0.3, 0.4) is 0 Å². The Hall–Kier alpha value is -6.36. The number of rotatable bonds is 18. The summed E-state index contributed by atoms with van der Waals surface area (Å²) in [4.78, 5) is 86.2. The standard InChI is InChI=1S/C37H37N5O11S/c1-3-53-33(44)21-38-35(46)28(24-54-37(25-13-7-4-8-14-25,26-15-9-5-10-16-26)27-17-11-6-12-18-27)39-36(47)29(19-20-32(43)52-2)40-22-30(41(48)49)34(45)31(23-40)42(50)51/h4-18,22-23,28-29H,3,19-21,24H2,1-2H3,(H,38,46)(H,39,47)/t28-,29+/m1/s1. The van der Waals surface area contributed by atoms with Crippen molar-refractivity contribution in [3.63, 3.8) is 0 Å². The molecule has 0 unspecified atom stereocenters. The molecule has 1 aromatic heterocycles. The summed E-state index contributed by atoms with van der Waals surface area (Å²) in [5, 5.41) is 28.6. The fourth-order valence-corrected chi connectivity index (χ4v) is 7.26. The van der Waals surface area contributed by atoms with E-state index in [1.807, 2.05) is 91.0 Å². The van der Waals surface area contributed by atoms with E-state index in [0.717, 1.165) is 28.4 Å². The number of nitrogens with one attached hydrogen (secondary N) is 2. The van der Waals surface area contributed by atoms with Gasteiger partial charge in [0.1, 0.15) is 18.6 Å². The van der Waals surface area contributed by atoms with Gasteiger partial charge in [0.2, 0.25) is 11.8 Å². The minimum absolute atomic E-state index is 0.0536. The second-order valence-electron chi connectivity index (χ2n) is 11.6. The second kappa shape index (κ2) is 18.9. The topological polar surface area (TPSA) is 219 Å². The Labute approximate surface area is 313 Å². The minimum Gasteiger partial charge on any atom is -0.469 e. The third-order valence-electron chi connectivity index (χ3n) is 8.27. The van der Waals surface area contributed by atoms with Crippen molar-refractivity contribution in [2.24, 2.45) is 0 Å². The van der Waals surface area contributed by atoms with Gasteiger partial charge in [-0.3, -0.25) is 44.2 Å². The number of pyridine rings is 1. The Kier molecular flexibility index (Phi) is 14.2. The summed E-state index contributed by atoms with van der Waals surface area (Å²) >= 11 is 1.30. The first-order valence-corrected chi connectivity index (χ1v) is 17.6. The molecule has 0 bridgehead atoms. The average molecular weight is 760 g/mol. The lowest BCUT2D eigenvalue weighted by atomic mass is 9.84. The second-order valence-corrected chi connectivity index (χ2v) is 12.9. The van der Waals surface area contributed by atoms with Crippen molar-refractivity contribution in [2.75, 3.05) is 26.0 Å². The van der Waals surface area contributed by atoms with Gasteiger partial charge >= 0.3 is 28.7 Å². The minimum atomic E-state index is -1.59. The Bertz CT molecular complexity index is 1890. The Morgan fingerprint density at radius 2 is 1.28 bits per heavy atom. The van der Waals surface area contributed by atoms with Gasteiger partial charge in [-0.05, 0) is 30.0 Å². The Balaban J connectivity index is 1.82. The zero-order valence-electron chi connectivity index (χ0n) is 29.2. The molecule has 282 valence electrons. The third kappa shape index (κ3) is 9.74. The van der Waals surface area contributed by atoms with E-state index < -0.39 is 86.6 Å². The fraction of sp³-hybridized carbons (Fsp3) is 0.270. The van der Waals surface area contributed by atoms with Gasteiger partial charge in [-0.1, -0.05) is 91.0 Å². The van der Waals surface area contributed by atoms with Gasteiger partial charge in [0.25, 0.3) is 0 Å². The number of carbonyl (C=O) groups is 4. The number of nitrogens with zero attached hydrogens (tertiary/aromatic N) is 3. The summed E-state index contributed by atoms with van der Waals surface area (Å²) in [6.45, 7) is 1.11. The predicted molar refractivity (Wildman–Crippen MR) is 198 cm³/mol. The van der Waals surface area contributed by atoms with Gasteiger partial charge in [-0.25, -0.2) is 0 Å². The van der Waals surface area contributed by atoms with Crippen LogP contribution >= 0.6 is 11.8 Å². The number of benzene rings is 3. The summed E-state index contributed by atoms with van der Waals surface area (Å²) in [7, 11) is 1.10. The van der Waals surface area contributed by atoms with E-state index in [4.69, 9.17) is 9.47 Å². The lowest BCUT2D eigenvalue weighted by molar-refractivity contribution is -0.397. The summed E-state index contributed by atoms with van der Waals surface area (Å²) < 4.78 is 9.47. The molecule has 0 aliphatic rings. The van der Waals surface area contributed by atoms with Gasteiger partial charge in [-0.2, -0.15) is 0 Å². The molecule has 1 heterocycles. The quantitative estimate of drug-likeness (QED) is 0.0636. The normalized spacial score (nSPS) is 12.1. The van der Waals surface area contributed by atoms with Crippen molar-refractivity contribution >= 4 is 46.9 Å². The highest BCUT2D eigenvalue weighted by Gasteiger charge is 2.39. The van der Waals surface area contributed by atoms with Crippen molar-refractivity contribution in [3.8, 4) is 0 Å². The van der Waals surface area contributed by atoms with Crippen LogP contribution in [0.2, 0.25) is 0 Å².